The number of anilines is 1. The molecule has 0 fully saturated rings. The molecule has 0 atom stereocenters. The first kappa shape index (κ1) is 18.4. The molecule has 2 aromatic rings. The van der Waals surface area contributed by atoms with Crippen molar-refractivity contribution in [2.45, 2.75) is 11.3 Å². The number of amides is 3. The maximum absolute atomic E-state index is 11.9. The number of nitrogens with two attached hydrogens (primary N) is 2. The zero-order valence-corrected chi connectivity index (χ0v) is 14.0. The molecule has 0 aliphatic rings. The van der Waals surface area contributed by atoms with Crippen LogP contribution in [0.4, 0.5) is 10.5 Å². The van der Waals surface area contributed by atoms with Crippen LogP contribution < -0.4 is 21.5 Å². The Balaban J connectivity index is 1.90. The first-order valence-corrected chi connectivity index (χ1v) is 8.87. The quantitative estimate of drug-likeness (QED) is 0.576. The number of sulfonamides is 1. The molecule has 2 rings (SSSR count). The van der Waals surface area contributed by atoms with Crippen LogP contribution in [0.2, 0.25) is 0 Å². The third-order valence-electron chi connectivity index (χ3n) is 3.33. The van der Waals surface area contributed by atoms with E-state index in [9.17, 15) is 18.0 Å². The largest absolute Gasteiger partial charge is 0.399 e. The Bertz CT molecular complexity index is 897. The lowest BCUT2D eigenvalue weighted by molar-refractivity contribution is 0.0964. The van der Waals surface area contributed by atoms with E-state index in [-0.39, 0.29) is 23.4 Å². The summed E-state index contributed by atoms with van der Waals surface area (Å²) < 4.78 is 23.0. The second kappa shape index (κ2) is 7.77. The molecule has 0 aliphatic heterocycles. The number of urea groups is 1. The van der Waals surface area contributed by atoms with Gasteiger partial charge in [0.15, 0.2) is 0 Å². The summed E-state index contributed by atoms with van der Waals surface area (Å²) in [6, 6.07) is 11.8. The average Bonchev–Trinajstić information content (AvgIpc) is 2.54. The molecule has 0 aromatic heterocycles. The smallest absolute Gasteiger partial charge is 0.321 e. The normalized spacial score (nSPS) is 10.9. The van der Waals surface area contributed by atoms with Gasteiger partial charge in [-0.2, -0.15) is 0 Å². The zero-order chi connectivity index (χ0) is 18.4. The Morgan fingerprint density at radius 1 is 1.04 bits per heavy atom. The lowest BCUT2D eigenvalue weighted by Crippen LogP contribution is -2.40. The highest BCUT2D eigenvalue weighted by Crippen LogP contribution is 2.13. The SMILES string of the molecule is Nc1cccc(C(=O)NC(=O)NCCc2ccccc2S(N)(=O)=O)c1. The summed E-state index contributed by atoms with van der Waals surface area (Å²) >= 11 is 0. The predicted molar refractivity (Wildman–Crippen MR) is 93.2 cm³/mol. The van der Waals surface area contributed by atoms with Crippen LogP contribution in [0.1, 0.15) is 15.9 Å². The third-order valence-corrected chi connectivity index (χ3v) is 4.35. The number of hydrogen-bond acceptors (Lipinski definition) is 5. The number of rotatable bonds is 5. The molecular weight excluding hydrogens is 344 g/mol. The number of carbonyl (C=O) groups is 2. The fourth-order valence-electron chi connectivity index (χ4n) is 2.20. The van der Waals surface area contributed by atoms with Gasteiger partial charge in [-0.05, 0) is 36.2 Å². The van der Waals surface area contributed by atoms with Crippen LogP contribution in [0.5, 0.6) is 0 Å². The monoisotopic (exact) mass is 362 g/mol. The van der Waals surface area contributed by atoms with Crippen molar-refractivity contribution in [3.63, 3.8) is 0 Å². The molecule has 0 radical (unpaired) electrons. The number of imide groups is 1. The molecule has 6 N–H and O–H groups in total. The molecule has 0 unspecified atom stereocenters. The molecule has 0 bridgehead atoms. The van der Waals surface area contributed by atoms with Crippen LogP contribution in [0.3, 0.4) is 0 Å². The summed E-state index contributed by atoms with van der Waals surface area (Å²) in [4.78, 5) is 23.7. The van der Waals surface area contributed by atoms with Gasteiger partial charge in [0.05, 0.1) is 4.90 Å². The van der Waals surface area contributed by atoms with E-state index in [4.69, 9.17) is 10.9 Å². The Kier molecular flexibility index (Phi) is 5.73. The summed E-state index contributed by atoms with van der Waals surface area (Å²) in [5.74, 6) is -0.588. The zero-order valence-electron chi connectivity index (χ0n) is 13.2. The van der Waals surface area contributed by atoms with Crippen molar-refractivity contribution >= 4 is 27.6 Å². The van der Waals surface area contributed by atoms with E-state index in [0.29, 0.717) is 11.3 Å². The fourth-order valence-corrected chi connectivity index (χ4v) is 3.00. The Morgan fingerprint density at radius 2 is 1.76 bits per heavy atom. The van der Waals surface area contributed by atoms with E-state index in [1.807, 2.05) is 0 Å². The molecule has 3 amide bonds. The average molecular weight is 362 g/mol. The minimum atomic E-state index is -3.84. The van der Waals surface area contributed by atoms with Crippen molar-refractivity contribution in [3.05, 3.63) is 59.7 Å². The minimum absolute atomic E-state index is 0.00745. The van der Waals surface area contributed by atoms with Gasteiger partial charge in [0.1, 0.15) is 0 Å². The van der Waals surface area contributed by atoms with Crippen LogP contribution in [0.15, 0.2) is 53.4 Å². The molecule has 2 aromatic carbocycles. The number of hydrogen-bond donors (Lipinski definition) is 4. The van der Waals surface area contributed by atoms with Crippen LogP contribution >= 0.6 is 0 Å². The highest BCUT2D eigenvalue weighted by molar-refractivity contribution is 7.89. The standard InChI is InChI=1S/C16H18N4O4S/c17-13-6-3-5-12(10-13)15(21)20-16(22)19-9-8-11-4-1-2-7-14(11)25(18,23)24/h1-7,10H,8-9,17H2,(H2,18,23,24)(H2,19,20,21,22). The minimum Gasteiger partial charge on any atom is -0.399 e. The van der Waals surface area contributed by atoms with Crippen molar-refractivity contribution in [1.29, 1.82) is 0 Å². The summed E-state index contributed by atoms with van der Waals surface area (Å²) in [7, 11) is -3.84. The maximum atomic E-state index is 11.9. The lowest BCUT2D eigenvalue weighted by atomic mass is 10.1. The van der Waals surface area contributed by atoms with Gasteiger partial charge < -0.3 is 11.1 Å². The van der Waals surface area contributed by atoms with E-state index in [0.717, 1.165) is 0 Å². The number of nitrogens with one attached hydrogen (secondary N) is 2. The van der Waals surface area contributed by atoms with Gasteiger partial charge in [0.2, 0.25) is 10.0 Å². The van der Waals surface area contributed by atoms with Gasteiger partial charge in [-0.1, -0.05) is 24.3 Å². The molecule has 0 heterocycles. The van der Waals surface area contributed by atoms with E-state index in [1.165, 1.54) is 18.2 Å². The van der Waals surface area contributed by atoms with Gasteiger partial charge in [-0.3, -0.25) is 10.1 Å². The molecule has 0 spiro atoms. The number of primary sulfonamides is 1. The number of nitrogen functional groups attached to an aromatic ring is 1. The van der Waals surface area contributed by atoms with Crippen LogP contribution in [-0.2, 0) is 16.4 Å². The molecule has 9 heteroatoms. The number of carbonyl (C=O) groups excluding carboxylic acids is 2. The Labute approximate surface area is 145 Å². The van der Waals surface area contributed by atoms with E-state index in [1.54, 1.807) is 30.3 Å². The van der Waals surface area contributed by atoms with Crippen molar-refractivity contribution in [2.75, 3.05) is 12.3 Å². The van der Waals surface area contributed by atoms with Gasteiger partial charge >= 0.3 is 6.03 Å². The maximum Gasteiger partial charge on any atom is 0.321 e. The van der Waals surface area contributed by atoms with Crippen LogP contribution in [0.25, 0.3) is 0 Å². The second-order valence-electron chi connectivity index (χ2n) is 5.24. The van der Waals surface area contributed by atoms with Gasteiger partial charge in [-0.25, -0.2) is 18.4 Å². The molecular formula is C16H18N4O4S. The van der Waals surface area contributed by atoms with E-state index < -0.39 is 22.0 Å². The van der Waals surface area contributed by atoms with Crippen LogP contribution in [0, 0.1) is 0 Å². The van der Waals surface area contributed by atoms with Crippen LogP contribution in [-0.4, -0.2) is 26.9 Å². The van der Waals surface area contributed by atoms with Crippen molar-refractivity contribution < 1.29 is 18.0 Å². The van der Waals surface area contributed by atoms with Crippen molar-refractivity contribution in [2.24, 2.45) is 5.14 Å². The van der Waals surface area contributed by atoms with Gasteiger partial charge in [0.25, 0.3) is 5.91 Å². The molecule has 0 saturated carbocycles. The number of benzene rings is 2. The predicted octanol–water partition coefficient (Wildman–Crippen LogP) is 0.598. The first-order valence-electron chi connectivity index (χ1n) is 7.33. The summed E-state index contributed by atoms with van der Waals surface area (Å²) in [6.07, 6.45) is 0.243. The van der Waals surface area contributed by atoms with Crippen molar-refractivity contribution in [3.8, 4) is 0 Å². The highest BCUT2D eigenvalue weighted by Gasteiger charge is 2.14. The molecule has 25 heavy (non-hydrogen) atoms. The molecule has 8 nitrogen and oxygen atoms in total. The summed E-state index contributed by atoms with van der Waals surface area (Å²) in [5, 5.41) is 9.80. The summed E-state index contributed by atoms with van der Waals surface area (Å²) in [6.45, 7) is 0.128. The lowest BCUT2D eigenvalue weighted by Gasteiger charge is -2.09. The van der Waals surface area contributed by atoms with Gasteiger partial charge in [0, 0.05) is 17.8 Å². The molecule has 0 aliphatic carbocycles. The van der Waals surface area contributed by atoms with E-state index >= 15 is 0 Å². The third kappa shape index (κ3) is 5.30. The second-order valence-corrected chi connectivity index (χ2v) is 6.77. The van der Waals surface area contributed by atoms with Gasteiger partial charge in [-0.15, -0.1) is 0 Å². The summed E-state index contributed by atoms with van der Waals surface area (Å²) in [5.41, 5.74) is 6.73. The molecule has 132 valence electrons. The Morgan fingerprint density at radius 3 is 2.44 bits per heavy atom. The Hall–Kier alpha value is -2.91. The fraction of sp³-hybridized carbons (Fsp3) is 0.125. The topological polar surface area (TPSA) is 144 Å². The van der Waals surface area contributed by atoms with E-state index in [2.05, 4.69) is 10.6 Å². The molecule has 0 saturated heterocycles. The van der Waals surface area contributed by atoms with Crippen molar-refractivity contribution in [1.82, 2.24) is 10.6 Å². The highest BCUT2D eigenvalue weighted by atomic mass is 32.2. The first-order chi connectivity index (χ1) is 11.8.